The molecule has 1 amide bonds. The average molecular weight is 562 g/mol. The number of halogens is 5. The fourth-order valence-corrected chi connectivity index (χ4v) is 5.29. The Kier molecular flexibility index (Phi) is 6.70. The molecule has 0 aliphatic carbocycles. The highest BCUT2D eigenvalue weighted by Gasteiger charge is 2.45. The van der Waals surface area contributed by atoms with E-state index in [0.717, 1.165) is 23.2 Å². The predicted octanol–water partition coefficient (Wildman–Crippen LogP) is 7.39. The number of carbonyl (C=O) groups is 1. The van der Waals surface area contributed by atoms with Crippen molar-refractivity contribution in [2.24, 2.45) is 0 Å². The fourth-order valence-electron chi connectivity index (χ4n) is 5.14. The van der Waals surface area contributed by atoms with Crippen LogP contribution < -0.4 is 9.47 Å². The van der Waals surface area contributed by atoms with Gasteiger partial charge in [-0.15, -0.1) is 13.2 Å². The number of hydrogen-bond acceptors (Lipinski definition) is 4. The van der Waals surface area contributed by atoms with Crippen LogP contribution in [0.3, 0.4) is 0 Å². The van der Waals surface area contributed by atoms with Gasteiger partial charge in [0.2, 0.25) is 0 Å². The van der Waals surface area contributed by atoms with Gasteiger partial charge in [-0.3, -0.25) is 4.79 Å². The van der Waals surface area contributed by atoms with Crippen molar-refractivity contribution in [2.45, 2.75) is 38.6 Å². The summed E-state index contributed by atoms with van der Waals surface area (Å²) in [6.45, 7) is 4.02. The van der Waals surface area contributed by atoms with E-state index in [1.807, 2.05) is 19.9 Å². The molecule has 1 aromatic heterocycles. The molecule has 5 rings (SSSR count). The molecule has 6 nitrogen and oxygen atoms in total. The minimum atomic E-state index is -4.91. The van der Waals surface area contributed by atoms with Crippen LogP contribution in [0, 0.1) is 12.7 Å². The fraction of sp³-hybridized carbons (Fsp3) is 0.286. The van der Waals surface area contributed by atoms with Crippen LogP contribution in [-0.2, 0) is 5.54 Å². The van der Waals surface area contributed by atoms with Crippen molar-refractivity contribution in [3.63, 3.8) is 0 Å². The van der Waals surface area contributed by atoms with E-state index in [1.54, 1.807) is 11.0 Å². The van der Waals surface area contributed by atoms with E-state index in [2.05, 4.69) is 9.72 Å². The van der Waals surface area contributed by atoms with Crippen LogP contribution in [0.4, 0.5) is 17.6 Å². The summed E-state index contributed by atoms with van der Waals surface area (Å²) in [5, 5.41) is 0.560. The highest BCUT2D eigenvalue weighted by molar-refractivity contribution is 6.32. The van der Waals surface area contributed by atoms with Crippen LogP contribution >= 0.6 is 11.6 Å². The Balaban J connectivity index is 1.61. The number of alkyl halides is 3. The predicted molar refractivity (Wildman–Crippen MR) is 139 cm³/mol. The van der Waals surface area contributed by atoms with Gasteiger partial charge in [0.25, 0.3) is 5.91 Å². The van der Waals surface area contributed by atoms with Crippen molar-refractivity contribution < 1.29 is 31.8 Å². The number of benzene rings is 3. The van der Waals surface area contributed by atoms with E-state index in [4.69, 9.17) is 21.3 Å². The number of methoxy groups -OCH3 is 1. The summed E-state index contributed by atoms with van der Waals surface area (Å²) >= 11 is 6.28. The first-order valence-electron chi connectivity index (χ1n) is 12.1. The molecule has 11 heteroatoms. The number of imidazole rings is 1. The Hall–Kier alpha value is -3.79. The third kappa shape index (κ3) is 4.78. The van der Waals surface area contributed by atoms with E-state index in [-0.39, 0.29) is 22.4 Å². The third-order valence-corrected chi connectivity index (χ3v) is 7.57. The number of fused-ring (bicyclic) bond motifs is 1. The standard InChI is InChI=1S/C28H24ClF4N3O3/c1-15-19(29)9-10-20-24(15)35-26(34-20)27(2)12-5-13-36(27)25(37)22-18(8-11-21(38-3)23(22)30)16-6-4-7-17(14-16)39-28(31,32)33/h4,6-11,14H,5,12-13H2,1-3H3,(H,34,35). The van der Waals surface area contributed by atoms with Gasteiger partial charge >= 0.3 is 6.36 Å². The number of aryl methyl sites for hydroxylation is 1. The monoisotopic (exact) mass is 561 g/mol. The van der Waals surface area contributed by atoms with E-state index in [1.165, 1.54) is 31.4 Å². The van der Waals surface area contributed by atoms with Gasteiger partial charge in [-0.1, -0.05) is 23.7 Å². The lowest BCUT2D eigenvalue weighted by Gasteiger charge is -2.34. The minimum Gasteiger partial charge on any atom is -0.494 e. The van der Waals surface area contributed by atoms with Crippen molar-refractivity contribution in [1.29, 1.82) is 0 Å². The molecule has 0 saturated carbocycles. The van der Waals surface area contributed by atoms with E-state index < -0.39 is 29.4 Å². The zero-order valence-electron chi connectivity index (χ0n) is 21.2. The maximum atomic E-state index is 15.8. The van der Waals surface area contributed by atoms with Crippen LogP contribution in [0.2, 0.25) is 5.02 Å². The first kappa shape index (κ1) is 26.8. The molecule has 1 atom stereocenters. The zero-order chi connectivity index (χ0) is 28.1. The molecule has 4 aromatic rings. The first-order valence-corrected chi connectivity index (χ1v) is 12.5. The van der Waals surface area contributed by atoms with Crippen molar-refractivity contribution in [3.8, 4) is 22.6 Å². The molecule has 204 valence electrons. The molecule has 1 aliphatic rings. The lowest BCUT2D eigenvalue weighted by Crippen LogP contribution is -2.44. The van der Waals surface area contributed by atoms with Crippen LogP contribution in [0.15, 0.2) is 48.5 Å². The maximum absolute atomic E-state index is 15.8. The summed E-state index contributed by atoms with van der Waals surface area (Å²) in [5.74, 6) is -1.68. The summed E-state index contributed by atoms with van der Waals surface area (Å²) in [6, 6.07) is 11.4. The summed E-state index contributed by atoms with van der Waals surface area (Å²) < 4.78 is 63.5. The Morgan fingerprint density at radius 3 is 2.67 bits per heavy atom. The quantitative estimate of drug-likeness (QED) is 0.258. The minimum absolute atomic E-state index is 0.104. The number of rotatable bonds is 5. The molecular weight excluding hydrogens is 538 g/mol. The second kappa shape index (κ2) is 9.75. The smallest absolute Gasteiger partial charge is 0.494 e. The Morgan fingerprint density at radius 1 is 1.18 bits per heavy atom. The number of aromatic amines is 1. The normalized spacial score (nSPS) is 17.6. The Labute approximate surface area is 226 Å². The number of hydrogen-bond donors (Lipinski definition) is 1. The summed E-state index contributed by atoms with van der Waals surface area (Å²) in [7, 11) is 1.27. The van der Waals surface area contributed by atoms with E-state index in [0.29, 0.717) is 35.8 Å². The molecule has 39 heavy (non-hydrogen) atoms. The molecule has 0 radical (unpaired) electrons. The van der Waals surface area contributed by atoms with Gasteiger partial charge in [0, 0.05) is 11.6 Å². The molecule has 1 aliphatic heterocycles. The third-order valence-electron chi connectivity index (χ3n) is 7.16. The maximum Gasteiger partial charge on any atom is 0.573 e. The van der Waals surface area contributed by atoms with Crippen LogP contribution in [0.5, 0.6) is 11.5 Å². The number of nitrogens with zero attached hydrogens (tertiary/aromatic N) is 2. The first-order chi connectivity index (χ1) is 18.4. The Morgan fingerprint density at radius 2 is 1.95 bits per heavy atom. The molecule has 0 spiro atoms. The molecule has 2 heterocycles. The van der Waals surface area contributed by atoms with Gasteiger partial charge in [0.1, 0.15) is 11.6 Å². The molecule has 1 fully saturated rings. The highest BCUT2D eigenvalue weighted by Crippen LogP contribution is 2.42. The van der Waals surface area contributed by atoms with E-state index in [9.17, 15) is 18.0 Å². The highest BCUT2D eigenvalue weighted by atomic mass is 35.5. The molecule has 1 unspecified atom stereocenters. The van der Waals surface area contributed by atoms with Gasteiger partial charge in [-0.2, -0.15) is 0 Å². The lowest BCUT2D eigenvalue weighted by molar-refractivity contribution is -0.274. The molecular formula is C28H24ClF4N3O3. The van der Waals surface area contributed by atoms with Gasteiger partial charge in [0.15, 0.2) is 11.6 Å². The number of likely N-dealkylation sites (tertiary alicyclic amines) is 1. The molecule has 1 saturated heterocycles. The van der Waals surface area contributed by atoms with Crippen LogP contribution in [0.25, 0.3) is 22.2 Å². The number of aromatic nitrogens is 2. The summed E-state index contributed by atoms with van der Waals surface area (Å²) in [5.41, 5.74) is 1.27. The zero-order valence-corrected chi connectivity index (χ0v) is 22.0. The number of nitrogens with one attached hydrogen (secondary N) is 1. The van der Waals surface area contributed by atoms with E-state index >= 15 is 4.39 Å². The van der Waals surface area contributed by atoms with Crippen molar-refractivity contribution >= 4 is 28.5 Å². The average Bonchev–Trinajstić information content (AvgIpc) is 3.50. The second-order valence-electron chi connectivity index (χ2n) is 9.57. The van der Waals surface area contributed by atoms with Crippen molar-refractivity contribution in [1.82, 2.24) is 14.9 Å². The van der Waals surface area contributed by atoms with Gasteiger partial charge in [0.05, 0.1) is 29.2 Å². The van der Waals surface area contributed by atoms with Crippen LogP contribution in [-0.4, -0.2) is 40.8 Å². The number of amides is 1. The summed E-state index contributed by atoms with van der Waals surface area (Å²) in [6.07, 6.45) is -3.72. The second-order valence-corrected chi connectivity index (χ2v) is 9.98. The number of H-pyrrole nitrogens is 1. The SMILES string of the molecule is COc1ccc(-c2cccc(OC(F)(F)F)c2)c(C(=O)N2CCCC2(C)c2nc3c(C)c(Cl)ccc3[nH]2)c1F. The molecule has 1 N–H and O–H groups in total. The van der Waals surface area contributed by atoms with Crippen molar-refractivity contribution in [3.05, 3.63) is 76.3 Å². The molecule has 3 aromatic carbocycles. The number of ether oxygens (including phenoxy) is 2. The largest absolute Gasteiger partial charge is 0.573 e. The van der Waals surface area contributed by atoms with Gasteiger partial charge in [-0.05, 0) is 79.8 Å². The van der Waals surface area contributed by atoms with Gasteiger partial charge in [-0.25, -0.2) is 9.37 Å². The van der Waals surface area contributed by atoms with Crippen LogP contribution in [0.1, 0.15) is 41.5 Å². The summed E-state index contributed by atoms with van der Waals surface area (Å²) in [4.78, 5) is 23.7. The van der Waals surface area contributed by atoms with Crippen molar-refractivity contribution in [2.75, 3.05) is 13.7 Å². The number of carbonyl (C=O) groups excluding carboxylic acids is 1. The molecule has 0 bridgehead atoms. The Bertz CT molecular complexity index is 1590. The lowest BCUT2D eigenvalue weighted by atomic mass is 9.94. The van der Waals surface area contributed by atoms with Gasteiger partial charge < -0.3 is 19.4 Å². The topological polar surface area (TPSA) is 67.5 Å².